The lowest BCUT2D eigenvalue weighted by Gasteiger charge is -2.05. The van der Waals surface area contributed by atoms with Gasteiger partial charge in [0.15, 0.2) is 0 Å². The first kappa shape index (κ1) is 14.1. The fraction of sp³-hybridized carbons (Fsp3) is 0.429. The van der Waals surface area contributed by atoms with Crippen LogP contribution >= 0.6 is 11.8 Å². The summed E-state index contributed by atoms with van der Waals surface area (Å²) in [5.41, 5.74) is 2.35. The van der Waals surface area contributed by atoms with Crippen LogP contribution in [0.5, 0.6) is 0 Å². The third-order valence-corrected chi connectivity index (χ3v) is 3.72. The van der Waals surface area contributed by atoms with Gasteiger partial charge in [-0.3, -0.25) is 4.68 Å². The summed E-state index contributed by atoms with van der Waals surface area (Å²) in [5.74, 6) is 0.861. The van der Waals surface area contributed by atoms with E-state index in [0.717, 1.165) is 24.5 Å². The molecule has 0 spiro atoms. The van der Waals surface area contributed by atoms with Gasteiger partial charge < -0.3 is 5.32 Å². The molecule has 0 amide bonds. The number of nitrogens with zero attached hydrogens (tertiary/aromatic N) is 3. The molecule has 2 rings (SSSR count). The maximum absolute atomic E-state index is 4.09. The van der Waals surface area contributed by atoms with Crippen LogP contribution in [0.4, 0.5) is 0 Å². The zero-order valence-corrected chi connectivity index (χ0v) is 12.3. The molecule has 5 heteroatoms. The molecule has 0 saturated heterocycles. The maximum atomic E-state index is 4.09. The minimum absolute atomic E-state index is 0.861. The van der Waals surface area contributed by atoms with E-state index in [4.69, 9.17) is 0 Å². The van der Waals surface area contributed by atoms with Crippen LogP contribution in [0.3, 0.4) is 0 Å². The standard InChI is InChI=1S/C14H20N4S/c1-3-7-15-9-12-5-4-6-14(8-12)19-11-13-10-18(2)17-16-13/h4-6,8,10,15H,3,7,9,11H2,1-2H3. The van der Waals surface area contributed by atoms with E-state index in [1.165, 1.54) is 16.9 Å². The van der Waals surface area contributed by atoms with Crippen molar-refractivity contribution < 1.29 is 0 Å². The van der Waals surface area contributed by atoms with Gasteiger partial charge in [-0.05, 0) is 30.7 Å². The molecule has 102 valence electrons. The first-order valence-electron chi connectivity index (χ1n) is 6.55. The van der Waals surface area contributed by atoms with Gasteiger partial charge in [-0.2, -0.15) is 0 Å². The second-order valence-corrected chi connectivity index (χ2v) is 5.55. The fourth-order valence-corrected chi connectivity index (χ4v) is 2.63. The summed E-state index contributed by atoms with van der Waals surface area (Å²) < 4.78 is 1.74. The predicted octanol–water partition coefficient (Wildman–Crippen LogP) is 2.61. The van der Waals surface area contributed by atoms with Gasteiger partial charge in [-0.15, -0.1) is 16.9 Å². The molecule has 0 radical (unpaired) electrons. The molecule has 0 saturated carbocycles. The normalized spacial score (nSPS) is 10.8. The van der Waals surface area contributed by atoms with Crippen molar-refractivity contribution in [3.63, 3.8) is 0 Å². The Balaban J connectivity index is 1.87. The third-order valence-electron chi connectivity index (χ3n) is 2.69. The third kappa shape index (κ3) is 4.69. The quantitative estimate of drug-likeness (QED) is 0.623. The van der Waals surface area contributed by atoms with Crippen molar-refractivity contribution >= 4 is 11.8 Å². The number of benzene rings is 1. The Morgan fingerprint density at radius 1 is 1.37 bits per heavy atom. The number of aryl methyl sites for hydroxylation is 1. The molecular weight excluding hydrogens is 256 g/mol. The molecule has 0 bridgehead atoms. The van der Waals surface area contributed by atoms with Crippen molar-refractivity contribution in [2.45, 2.75) is 30.5 Å². The Morgan fingerprint density at radius 2 is 2.26 bits per heavy atom. The highest BCUT2D eigenvalue weighted by atomic mass is 32.2. The molecule has 19 heavy (non-hydrogen) atoms. The molecule has 0 aliphatic carbocycles. The van der Waals surface area contributed by atoms with Gasteiger partial charge in [0.25, 0.3) is 0 Å². The largest absolute Gasteiger partial charge is 0.313 e. The summed E-state index contributed by atoms with van der Waals surface area (Å²) in [5, 5.41) is 11.5. The summed E-state index contributed by atoms with van der Waals surface area (Å²) >= 11 is 1.80. The van der Waals surface area contributed by atoms with Crippen molar-refractivity contribution in [3.05, 3.63) is 41.7 Å². The Bertz CT molecular complexity index is 510. The molecule has 0 aliphatic heterocycles. The van der Waals surface area contributed by atoms with E-state index >= 15 is 0 Å². The fourth-order valence-electron chi connectivity index (χ4n) is 1.77. The van der Waals surface area contributed by atoms with Crippen LogP contribution in [-0.4, -0.2) is 21.5 Å². The van der Waals surface area contributed by atoms with Gasteiger partial charge in [0, 0.05) is 30.4 Å². The van der Waals surface area contributed by atoms with Crippen LogP contribution in [0.15, 0.2) is 35.4 Å². The molecule has 4 nitrogen and oxygen atoms in total. The number of hydrogen-bond donors (Lipinski definition) is 1. The van der Waals surface area contributed by atoms with Gasteiger partial charge in [-0.25, -0.2) is 0 Å². The monoisotopic (exact) mass is 276 g/mol. The second-order valence-electron chi connectivity index (χ2n) is 4.50. The molecule has 1 aromatic carbocycles. The van der Waals surface area contributed by atoms with Crippen LogP contribution in [0, 0.1) is 0 Å². The average molecular weight is 276 g/mol. The first-order chi connectivity index (χ1) is 9.28. The highest BCUT2D eigenvalue weighted by molar-refractivity contribution is 7.98. The maximum Gasteiger partial charge on any atom is 0.0929 e. The minimum Gasteiger partial charge on any atom is -0.313 e. The summed E-state index contributed by atoms with van der Waals surface area (Å²) in [6, 6.07) is 8.66. The van der Waals surface area contributed by atoms with Crippen LogP contribution < -0.4 is 5.32 Å². The molecule has 1 N–H and O–H groups in total. The molecule has 1 aromatic heterocycles. The van der Waals surface area contributed by atoms with Gasteiger partial charge in [0.2, 0.25) is 0 Å². The Hall–Kier alpha value is -1.33. The second kappa shape index (κ2) is 7.31. The molecule has 2 aromatic rings. The van der Waals surface area contributed by atoms with Crippen molar-refractivity contribution in [2.24, 2.45) is 7.05 Å². The Kier molecular flexibility index (Phi) is 5.42. The van der Waals surface area contributed by atoms with E-state index in [1.807, 2.05) is 13.2 Å². The van der Waals surface area contributed by atoms with Gasteiger partial charge >= 0.3 is 0 Å². The molecule has 0 fully saturated rings. The average Bonchev–Trinajstić information content (AvgIpc) is 2.83. The topological polar surface area (TPSA) is 42.7 Å². The smallest absolute Gasteiger partial charge is 0.0929 e. The summed E-state index contributed by atoms with van der Waals surface area (Å²) in [6.45, 7) is 4.19. The Morgan fingerprint density at radius 3 is 3.00 bits per heavy atom. The van der Waals surface area contributed by atoms with E-state index < -0.39 is 0 Å². The lowest BCUT2D eigenvalue weighted by Crippen LogP contribution is -2.13. The van der Waals surface area contributed by atoms with E-state index in [1.54, 1.807) is 16.4 Å². The highest BCUT2D eigenvalue weighted by Gasteiger charge is 2.01. The zero-order chi connectivity index (χ0) is 13.5. The lowest BCUT2D eigenvalue weighted by molar-refractivity contribution is 0.674. The zero-order valence-electron chi connectivity index (χ0n) is 11.5. The molecule has 1 heterocycles. The van der Waals surface area contributed by atoms with Crippen LogP contribution in [-0.2, 0) is 19.3 Å². The Labute approximate surface area is 118 Å². The molecule has 0 aliphatic rings. The minimum atomic E-state index is 0.861. The van der Waals surface area contributed by atoms with Crippen molar-refractivity contribution in [2.75, 3.05) is 6.54 Å². The number of hydrogen-bond acceptors (Lipinski definition) is 4. The number of thioether (sulfide) groups is 1. The highest BCUT2D eigenvalue weighted by Crippen LogP contribution is 2.22. The SMILES string of the molecule is CCCNCc1cccc(SCc2cn(C)nn2)c1. The number of nitrogens with one attached hydrogen (secondary N) is 1. The lowest BCUT2D eigenvalue weighted by atomic mass is 10.2. The van der Waals surface area contributed by atoms with Crippen molar-refractivity contribution in [1.29, 1.82) is 0 Å². The summed E-state index contributed by atoms with van der Waals surface area (Å²) in [4.78, 5) is 1.28. The van der Waals surface area contributed by atoms with Crippen molar-refractivity contribution in [1.82, 2.24) is 20.3 Å². The summed E-state index contributed by atoms with van der Waals surface area (Å²) in [7, 11) is 1.89. The number of rotatable bonds is 7. The predicted molar refractivity (Wildman–Crippen MR) is 79.0 cm³/mol. The summed E-state index contributed by atoms with van der Waals surface area (Å²) in [6.07, 6.45) is 3.13. The molecular formula is C14H20N4S. The first-order valence-corrected chi connectivity index (χ1v) is 7.54. The van der Waals surface area contributed by atoms with Gasteiger partial charge in [0.05, 0.1) is 5.69 Å². The van der Waals surface area contributed by atoms with Crippen LogP contribution in [0.25, 0.3) is 0 Å². The van der Waals surface area contributed by atoms with Gasteiger partial charge in [0.1, 0.15) is 0 Å². The van der Waals surface area contributed by atoms with E-state index in [-0.39, 0.29) is 0 Å². The van der Waals surface area contributed by atoms with Crippen LogP contribution in [0.1, 0.15) is 24.6 Å². The van der Waals surface area contributed by atoms with E-state index in [0.29, 0.717) is 0 Å². The van der Waals surface area contributed by atoms with Crippen molar-refractivity contribution in [3.8, 4) is 0 Å². The number of aromatic nitrogens is 3. The van der Waals surface area contributed by atoms with E-state index in [2.05, 4.69) is 46.8 Å². The molecule has 0 unspecified atom stereocenters. The van der Waals surface area contributed by atoms with Crippen LogP contribution in [0.2, 0.25) is 0 Å². The van der Waals surface area contributed by atoms with Gasteiger partial charge in [-0.1, -0.05) is 24.3 Å². The van der Waals surface area contributed by atoms with E-state index in [9.17, 15) is 0 Å². The molecule has 0 atom stereocenters.